The van der Waals surface area contributed by atoms with Crippen LogP contribution in [0.25, 0.3) is 0 Å². The largest absolute Gasteiger partial charge is 0.396 e. The van der Waals surface area contributed by atoms with Crippen molar-refractivity contribution in [3.8, 4) is 0 Å². The number of aliphatic hydroxyl groups is 1. The lowest BCUT2D eigenvalue weighted by Gasteiger charge is -2.31. The molecule has 20 heavy (non-hydrogen) atoms. The number of aromatic nitrogens is 1. The molecule has 0 spiro atoms. The highest BCUT2D eigenvalue weighted by Gasteiger charge is 2.26. The fourth-order valence-corrected chi connectivity index (χ4v) is 2.44. The maximum Gasteiger partial charge on any atom is 0.224 e. The van der Waals surface area contributed by atoms with E-state index in [9.17, 15) is 9.90 Å². The summed E-state index contributed by atoms with van der Waals surface area (Å²) in [4.78, 5) is 12.1. The monoisotopic (exact) mass is 282 g/mol. The number of hydrogen-bond donors (Lipinski definition) is 2. The lowest BCUT2D eigenvalue weighted by molar-refractivity contribution is -0.121. The summed E-state index contributed by atoms with van der Waals surface area (Å²) in [5, 5.41) is 16.0. The van der Waals surface area contributed by atoms with E-state index in [0.29, 0.717) is 25.1 Å². The summed E-state index contributed by atoms with van der Waals surface area (Å²) in [6, 6.07) is 0. The zero-order valence-electron chi connectivity index (χ0n) is 13.0. The SMILES string of the molecule is CCC(CC)(CCO)CNC(=O)Cc1c(C)noc1C. The quantitative estimate of drug-likeness (QED) is 0.766. The fourth-order valence-electron chi connectivity index (χ4n) is 2.44. The molecule has 0 aromatic carbocycles. The zero-order chi connectivity index (χ0) is 15.2. The molecule has 0 aliphatic rings. The average molecular weight is 282 g/mol. The maximum absolute atomic E-state index is 12.1. The summed E-state index contributed by atoms with van der Waals surface area (Å²) in [5.41, 5.74) is 1.62. The van der Waals surface area contributed by atoms with Gasteiger partial charge in [0.05, 0.1) is 12.1 Å². The van der Waals surface area contributed by atoms with Crippen LogP contribution < -0.4 is 5.32 Å². The van der Waals surface area contributed by atoms with Gasteiger partial charge in [-0.1, -0.05) is 19.0 Å². The highest BCUT2D eigenvalue weighted by molar-refractivity contribution is 5.79. The maximum atomic E-state index is 12.1. The predicted molar refractivity (Wildman–Crippen MR) is 77.4 cm³/mol. The molecule has 2 N–H and O–H groups in total. The van der Waals surface area contributed by atoms with E-state index in [-0.39, 0.29) is 17.9 Å². The molecule has 0 saturated carbocycles. The number of carbonyl (C=O) groups excluding carboxylic acids is 1. The van der Waals surface area contributed by atoms with Gasteiger partial charge in [-0.2, -0.15) is 0 Å². The van der Waals surface area contributed by atoms with Gasteiger partial charge in [0.25, 0.3) is 0 Å². The fraction of sp³-hybridized carbons (Fsp3) is 0.733. The minimum atomic E-state index is -0.0244. The molecule has 0 aliphatic heterocycles. The van der Waals surface area contributed by atoms with Crippen molar-refractivity contribution in [2.45, 2.75) is 53.4 Å². The van der Waals surface area contributed by atoms with Gasteiger partial charge >= 0.3 is 0 Å². The van der Waals surface area contributed by atoms with Crippen LogP contribution in [0.2, 0.25) is 0 Å². The zero-order valence-corrected chi connectivity index (χ0v) is 13.0. The van der Waals surface area contributed by atoms with Crippen LogP contribution >= 0.6 is 0 Å². The van der Waals surface area contributed by atoms with Crippen LogP contribution in [0.3, 0.4) is 0 Å². The molecule has 1 rings (SSSR count). The lowest BCUT2D eigenvalue weighted by atomic mass is 9.79. The molecule has 1 aromatic rings. The summed E-state index contributed by atoms with van der Waals surface area (Å²) in [5.74, 6) is 0.675. The Hall–Kier alpha value is -1.36. The van der Waals surface area contributed by atoms with Gasteiger partial charge in [-0.15, -0.1) is 0 Å². The van der Waals surface area contributed by atoms with E-state index < -0.39 is 0 Å². The highest BCUT2D eigenvalue weighted by atomic mass is 16.5. The minimum absolute atomic E-state index is 0.0108. The van der Waals surface area contributed by atoms with E-state index in [1.165, 1.54) is 0 Å². The van der Waals surface area contributed by atoms with Crippen molar-refractivity contribution < 1.29 is 14.4 Å². The Morgan fingerprint density at radius 1 is 1.35 bits per heavy atom. The van der Waals surface area contributed by atoms with Crippen LogP contribution in [0.1, 0.15) is 50.1 Å². The molecule has 1 heterocycles. The van der Waals surface area contributed by atoms with Crippen LogP contribution in [0, 0.1) is 19.3 Å². The van der Waals surface area contributed by atoms with Crippen molar-refractivity contribution in [3.63, 3.8) is 0 Å². The van der Waals surface area contributed by atoms with E-state index in [4.69, 9.17) is 4.52 Å². The summed E-state index contributed by atoms with van der Waals surface area (Å²) in [6.07, 6.45) is 2.89. The Morgan fingerprint density at radius 3 is 2.45 bits per heavy atom. The third-order valence-electron chi connectivity index (χ3n) is 4.32. The van der Waals surface area contributed by atoms with Crippen molar-refractivity contribution in [2.24, 2.45) is 5.41 Å². The number of nitrogens with zero attached hydrogens (tertiary/aromatic N) is 1. The molecule has 0 saturated heterocycles. The number of carbonyl (C=O) groups is 1. The van der Waals surface area contributed by atoms with Crippen molar-refractivity contribution in [2.75, 3.05) is 13.2 Å². The molecule has 0 aliphatic carbocycles. The molecule has 0 atom stereocenters. The number of nitrogens with one attached hydrogen (secondary N) is 1. The number of amides is 1. The Labute approximate surface area is 120 Å². The van der Waals surface area contributed by atoms with Crippen molar-refractivity contribution >= 4 is 5.91 Å². The van der Waals surface area contributed by atoms with Gasteiger partial charge < -0.3 is 14.9 Å². The van der Waals surface area contributed by atoms with Crippen LogP contribution in [-0.2, 0) is 11.2 Å². The average Bonchev–Trinajstić information content (AvgIpc) is 2.75. The van der Waals surface area contributed by atoms with Gasteiger partial charge in [-0.3, -0.25) is 4.79 Å². The van der Waals surface area contributed by atoms with Crippen LogP contribution in [-0.4, -0.2) is 29.3 Å². The number of aliphatic hydroxyl groups excluding tert-OH is 1. The second-order valence-corrected chi connectivity index (χ2v) is 5.44. The van der Waals surface area contributed by atoms with Gasteiger partial charge in [0.1, 0.15) is 5.76 Å². The first-order chi connectivity index (χ1) is 9.48. The summed E-state index contributed by atoms with van der Waals surface area (Å²) < 4.78 is 5.06. The van der Waals surface area contributed by atoms with Crippen LogP contribution in [0.5, 0.6) is 0 Å². The molecule has 114 valence electrons. The third kappa shape index (κ3) is 4.07. The van der Waals surface area contributed by atoms with Gasteiger partial charge in [-0.25, -0.2) is 0 Å². The lowest BCUT2D eigenvalue weighted by Crippen LogP contribution is -2.38. The molecule has 5 heteroatoms. The summed E-state index contributed by atoms with van der Waals surface area (Å²) in [7, 11) is 0. The Morgan fingerprint density at radius 2 is 2.00 bits per heavy atom. The van der Waals surface area contributed by atoms with Crippen molar-refractivity contribution in [1.29, 1.82) is 0 Å². The third-order valence-corrected chi connectivity index (χ3v) is 4.32. The Bertz CT molecular complexity index is 417. The summed E-state index contributed by atoms with van der Waals surface area (Å²) in [6.45, 7) is 8.60. The molecule has 0 unspecified atom stereocenters. The molecular formula is C15H26N2O3. The molecule has 0 fully saturated rings. The number of aryl methyl sites for hydroxylation is 2. The summed E-state index contributed by atoms with van der Waals surface area (Å²) >= 11 is 0. The van der Waals surface area contributed by atoms with E-state index in [1.807, 2.05) is 13.8 Å². The number of hydrogen-bond acceptors (Lipinski definition) is 4. The van der Waals surface area contributed by atoms with E-state index in [1.54, 1.807) is 0 Å². The van der Waals surface area contributed by atoms with Crippen molar-refractivity contribution in [3.05, 3.63) is 17.0 Å². The molecule has 1 aromatic heterocycles. The van der Waals surface area contributed by atoms with Crippen LogP contribution in [0.4, 0.5) is 0 Å². The first-order valence-electron chi connectivity index (χ1n) is 7.27. The van der Waals surface area contributed by atoms with Crippen molar-refractivity contribution in [1.82, 2.24) is 10.5 Å². The first-order valence-corrected chi connectivity index (χ1v) is 7.27. The Kier molecular flexibility index (Phi) is 6.20. The van der Waals surface area contributed by atoms with Gasteiger partial charge in [0.2, 0.25) is 5.91 Å². The molecule has 1 amide bonds. The van der Waals surface area contributed by atoms with Gasteiger partial charge in [0, 0.05) is 18.7 Å². The Balaban J connectivity index is 2.58. The van der Waals surface area contributed by atoms with E-state index in [0.717, 1.165) is 24.1 Å². The first kappa shape index (κ1) is 16.7. The molecule has 5 nitrogen and oxygen atoms in total. The second-order valence-electron chi connectivity index (χ2n) is 5.44. The minimum Gasteiger partial charge on any atom is -0.396 e. The number of rotatable bonds is 8. The normalized spacial score (nSPS) is 11.7. The van der Waals surface area contributed by atoms with E-state index >= 15 is 0 Å². The standard InChI is InChI=1S/C15H26N2O3/c1-5-15(6-2,7-8-18)10-16-14(19)9-13-11(3)17-20-12(13)4/h18H,5-10H2,1-4H3,(H,16,19). The topological polar surface area (TPSA) is 75.4 Å². The predicted octanol–water partition coefficient (Wildman–Crippen LogP) is 2.14. The second kappa shape index (κ2) is 7.43. The smallest absolute Gasteiger partial charge is 0.224 e. The molecular weight excluding hydrogens is 256 g/mol. The highest BCUT2D eigenvalue weighted by Crippen LogP contribution is 2.29. The van der Waals surface area contributed by atoms with E-state index in [2.05, 4.69) is 24.3 Å². The molecule has 0 radical (unpaired) electrons. The van der Waals surface area contributed by atoms with Gasteiger partial charge in [0.15, 0.2) is 0 Å². The van der Waals surface area contributed by atoms with Crippen LogP contribution in [0.15, 0.2) is 4.52 Å². The molecule has 0 bridgehead atoms. The van der Waals surface area contributed by atoms with Gasteiger partial charge in [-0.05, 0) is 38.5 Å².